The van der Waals surface area contributed by atoms with Crippen LogP contribution in [-0.4, -0.2) is 24.7 Å². The lowest BCUT2D eigenvalue weighted by Crippen LogP contribution is -2.21. The van der Waals surface area contributed by atoms with Gasteiger partial charge in [-0.1, -0.05) is 23.7 Å². The first-order valence-electron chi connectivity index (χ1n) is 6.56. The van der Waals surface area contributed by atoms with E-state index in [9.17, 15) is 14.0 Å². The van der Waals surface area contributed by atoms with Crippen LogP contribution in [-0.2, 0) is 9.53 Å². The van der Waals surface area contributed by atoms with E-state index in [4.69, 9.17) is 16.3 Å². The third kappa shape index (κ3) is 4.71. The van der Waals surface area contributed by atoms with Crippen molar-refractivity contribution in [3.05, 3.63) is 58.9 Å². The quantitative estimate of drug-likeness (QED) is 0.652. The van der Waals surface area contributed by atoms with Crippen molar-refractivity contribution in [2.45, 2.75) is 4.90 Å². The summed E-state index contributed by atoms with van der Waals surface area (Å²) in [5, 5.41) is 2.54. The molecule has 0 atom stereocenters. The molecule has 120 valence electrons. The Labute approximate surface area is 142 Å². The van der Waals surface area contributed by atoms with Crippen LogP contribution in [0.5, 0.6) is 0 Å². The second-order valence-corrected chi connectivity index (χ2v) is 5.73. The number of thioether (sulfide) groups is 1. The second kappa shape index (κ2) is 7.99. The summed E-state index contributed by atoms with van der Waals surface area (Å²) >= 11 is 7.03. The Morgan fingerprint density at radius 1 is 1.26 bits per heavy atom. The molecule has 0 spiro atoms. The van der Waals surface area contributed by atoms with Crippen LogP contribution in [0.3, 0.4) is 0 Å². The lowest BCUT2D eigenvalue weighted by Gasteiger charge is -2.09. The predicted molar refractivity (Wildman–Crippen MR) is 88.5 cm³/mol. The molecule has 2 aromatic carbocycles. The molecule has 0 aliphatic heterocycles. The molecule has 1 N–H and O–H groups in total. The number of nitrogens with one attached hydrogen (secondary N) is 1. The Hall–Kier alpha value is -2.05. The van der Waals surface area contributed by atoms with Crippen molar-refractivity contribution in [2.75, 3.05) is 18.2 Å². The summed E-state index contributed by atoms with van der Waals surface area (Å²) in [4.78, 5) is 24.5. The fourth-order valence-electron chi connectivity index (χ4n) is 1.80. The van der Waals surface area contributed by atoms with Crippen LogP contribution in [0.25, 0.3) is 0 Å². The Bertz CT molecular complexity index is 739. The minimum absolute atomic E-state index is 0.0278. The molecule has 0 unspecified atom stereocenters. The second-order valence-electron chi connectivity index (χ2n) is 4.45. The summed E-state index contributed by atoms with van der Waals surface area (Å²) in [6.45, 7) is -0.510. The molecule has 2 aromatic rings. The lowest BCUT2D eigenvalue weighted by molar-refractivity contribution is -0.119. The molecule has 0 bridgehead atoms. The van der Waals surface area contributed by atoms with Crippen molar-refractivity contribution in [1.29, 1.82) is 0 Å². The third-order valence-corrected chi connectivity index (χ3v) is 3.90. The Morgan fingerprint density at radius 2 is 2.00 bits per heavy atom. The lowest BCUT2D eigenvalue weighted by atomic mass is 10.2. The fourth-order valence-corrected chi connectivity index (χ4v) is 2.54. The predicted octanol–water partition coefficient (Wildman–Crippen LogP) is 4.00. The summed E-state index contributed by atoms with van der Waals surface area (Å²) < 4.78 is 18.5. The van der Waals surface area contributed by atoms with E-state index in [0.717, 1.165) is 11.0 Å². The molecule has 0 aromatic heterocycles. The maximum atomic E-state index is 13.6. The van der Waals surface area contributed by atoms with E-state index in [1.165, 1.54) is 23.9 Å². The summed E-state index contributed by atoms with van der Waals surface area (Å²) in [7, 11) is 0. The van der Waals surface area contributed by atoms with E-state index in [0.29, 0.717) is 5.56 Å². The van der Waals surface area contributed by atoms with Gasteiger partial charge in [0, 0.05) is 9.92 Å². The van der Waals surface area contributed by atoms with E-state index < -0.39 is 24.3 Å². The standard InChI is InChI=1S/C16H13ClFNO3S/c1-23-14-5-3-2-4-11(14)16(21)22-9-15(20)19-13-7-6-10(17)8-12(13)18/h2-8H,9H2,1H3,(H,19,20). The molecule has 23 heavy (non-hydrogen) atoms. The Balaban J connectivity index is 1.95. The number of halogens is 2. The van der Waals surface area contributed by atoms with Crippen LogP contribution in [0.15, 0.2) is 47.4 Å². The summed E-state index contributed by atoms with van der Waals surface area (Å²) in [5.74, 6) is -1.91. The molecule has 0 saturated heterocycles. The molecule has 0 radical (unpaired) electrons. The molecule has 2 rings (SSSR count). The van der Waals surface area contributed by atoms with Gasteiger partial charge < -0.3 is 10.1 Å². The first-order valence-corrected chi connectivity index (χ1v) is 8.16. The van der Waals surface area contributed by atoms with Crippen molar-refractivity contribution < 1.29 is 18.7 Å². The largest absolute Gasteiger partial charge is 0.452 e. The summed E-state index contributed by atoms with van der Waals surface area (Å²) in [6.07, 6.45) is 1.84. The van der Waals surface area contributed by atoms with Crippen molar-refractivity contribution in [2.24, 2.45) is 0 Å². The van der Waals surface area contributed by atoms with Gasteiger partial charge in [0.25, 0.3) is 5.91 Å². The molecule has 0 heterocycles. The van der Waals surface area contributed by atoms with Gasteiger partial charge in [-0.15, -0.1) is 11.8 Å². The van der Waals surface area contributed by atoms with Gasteiger partial charge in [-0.2, -0.15) is 0 Å². The normalized spacial score (nSPS) is 10.2. The van der Waals surface area contributed by atoms with Crippen molar-refractivity contribution in [3.63, 3.8) is 0 Å². The topological polar surface area (TPSA) is 55.4 Å². The fraction of sp³-hybridized carbons (Fsp3) is 0.125. The van der Waals surface area contributed by atoms with E-state index >= 15 is 0 Å². The van der Waals surface area contributed by atoms with Gasteiger partial charge in [0.2, 0.25) is 0 Å². The maximum absolute atomic E-state index is 13.6. The number of esters is 1. The van der Waals surface area contributed by atoms with E-state index in [-0.39, 0.29) is 10.7 Å². The van der Waals surface area contributed by atoms with Gasteiger partial charge in [-0.05, 0) is 36.6 Å². The van der Waals surface area contributed by atoms with Crippen LogP contribution in [0.2, 0.25) is 5.02 Å². The zero-order valence-electron chi connectivity index (χ0n) is 12.1. The molecule has 1 amide bonds. The highest BCUT2D eigenvalue weighted by molar-refractivity contribution is 7.98. The van der Waals surface area contributed by atoms with Crippen LogP contribution in [0.4, 0.5) is 10.1 Å². The highest BCUT2D eigenvalue weighted by Crippen LogP contribution is 2.21. The Morgan fingerprint density at radius 3 is 2.70 bits per heavy atom. The number of ether oxygens (including phenoxy) is 1. The van der Waals surface area contributed by atoms with Crippen LogP contribution < -0.4 is 5.32 Å². The molecule has 7 heteroatoms. The van der Waals surface area contributed by atoms with Gasteiger partial charge in [0.15, 0.2) is 6.61 Å². The molecule has 4 nitrogen and oxygen atoms in total. The van der Waals surface area contributed by atoms with Crippen molar-refractivity contribution >= 4 is 40.9 Å². The summed E-state index contributed by atoms with van der Waals surface area (Å²) in [5.41, 5.74) is 0.352. The molecule has 0 saturated carbocycles. The van der Waals surface area contributed by atoms with Crippen molar-refractivity contribution in [3.8, 4) is 0 Å². The molecule has 0 fully saturated rings. The van der Waals surface area contributed by atoms with E-state index in [1.54, 1.807) is 24.3 Å². The van der Waals surface area contributed by atoms with Gasteiger partial charge >= 0.3 is 5.97 Å². The number of hydrogen-bond acceptors (Lipinski definition) is 4. The zero-order valence-corrected chi connectivity index (χ0v) is 13.7. The smallest absolute Gasteiger partial charge is 0.339 e. The number of benzene rings is 2. The number of amides is 1. The van der Waals surface area contributed by atoms with E-state index in [1.807, 2.05) is 6.26 Å². The Kier molecular flexibility index (Phi) is 6.01. The molecule has 0 aliphatic carbocycles. The average molecular weight is 354 g/mol. The number of rotatable bonds is 5. The van der Waals surface area contributed by atoms with Crippen molar-refractivity contribution in [1.82, 2.24) is 0 Å². The molecular weight excluding hydrogens is 341 g/mol. The molecular formula is C16H13ClFNO3S. The SMILES string of the molecule is CSc1ccccc1C(=O)OCC(=O)Nc1ccc(Cl)cc1F. The zero-order chi connectivity index (χ0) is 16.8. The molecule has 0 aliphatic rings. The minimum atomic E-state index is -0.662. The van der Waals surface area contributed by atoms with Gasteiger partial charge in [0.1, 0.15) is 5.82 Å². The number of carbonyl (C=O) groups is 2. The summed E-state index contributed by atoms with van der Waals surface area (Å²) in [6, 6.07) is 10.8. The number of anilines is 1. The van der Waals surface area contributed by atoms with Gasteiger partial charge in [0.05, 0.1) is 11.3 Å². The third-order valence-electron chi connectivity index (χ3n) is 2.87. The number of hydrogen-bond donors (Lipinski definition) is 1. The van der Waals surface area contributed by atoms with E-state index in [2.05, 4.69) is 5.32 Å². The van der Waals surface area contributed by atoms with Gasteiger partial charge in [-0.25, -0.2) is 9.18 Å². The van der Waals surface area contributed by atoms with Crippen LogP contribution in [0, 0.1) is 5.82 Å². The number of carbonyl (C=O) groups excluding carboxylic acids is 2. The monoisotopic (exact) mass is 353 g/mol. The highest BCUT2D eigenvalue weighted by atomic mass is 35.5. The first kappa shape index (κ1) is 17.3. The van der Waals surface area contributed by atoms with Crippen LogP contribution >= 0.6 is 23.4 Å². The minimum Gasteiger partial charge on any atom is -0.452 e. The van der Waals surface area contributed by atoms with Crippen LogP contribution in [0.1, 0.15) is 10.4 Å². The maximum Gasteiger partial charge on any atom is 0.339 e. The first-order chi connectivity index (χ1) is 11.0. The highest BCUT2D eigenvalue weighted by Gasteiger charge is 2.14. The van der Waals surface area contributed by atoms with Gasteiger partial charge in [-0.3, -0.25) is 4.79 Å². The average Bonchev–Trinajstić information content (AvgIpc) is 2.55.